The molecule has 98 valence electrons. The van der Waals surface area contributed by atoms with Gasteiger partial charge in [-0.15, -0.1) is 0 Å². The Hall–Kier alpha value is -1.42. The molecule has 3 nitrogen and oxygen atoms in total. The van der Waals surface area contributed by atoms with Gasteiger partial charge in [-0.25, -0.2) is 4.79 Å². The molecule has 1 aliphatic rings. The van der Waals surface area contributed by atoms with Crippen molar-refractivity contribution in [3.05, 3.63) is 39.0 Å². The van der Waals surface area contributed by atoms with Crippen molar-refractivity contribution in [1.29, 1.82) is 0 Å². The van der Waals surface area contributed by atoms with Crippen molar-refractivity contribution in [3.63, 3.8) is 0 Å². The number of benzene rings is 1. The van der Waals surface area contributed by atoms with Gasteiger partial charge in [0, 0.05) is 15.6 Å². The quantitative estimate of drug-likeness (QED) is 0.867. The van der Waals surface area contributed by atoms with E-state index < -0.39 is 5.97 Å². The number of aromatic carboxylic acids is 1. The normalized spacial score (nSPS) is 14.4. The van der Waals surface area contributed by atoms with Crippen LogP contribution < -0.4 is 0 Å². The molecule has 0 fully saturated rings. The van der Waals surface area contributed by atoms with Gasteiger partial charge in [-0.1, -0.05) is 15.9 Å². The molecule has 0 saturated heterocycles. The van der Waals surface area contributed by atoms with Crippen LogP contribution in [0.2, 0.25) is 0 Å². The molecule has 0 aliphatic heterocycles. The van der Waals surface area contributed by atoms with E-state index in [4.69, 9.17) is 4.98 Å². The maximum atomic E-state index is 11.7. The summed E-state index contributed by atoms with van der Waals surface area (Å²) >= 11 is 3.44. The van der Waals surface area contributed by atoms with Gasteiger partial charge in [0.25, 0.3) is 0 Å². The van der Waals surface area contributed by atoms with Gasteiger partial charge in [0.1, 0.15) is 0 Å². The molecule has 0 radical (unpaired) electrons. The van der Waals surface area contributed by atoms with E-state index in [0.717, 1.165) is 57.9 Å². The zero-order valence-corrected chi connectivity index (χ0v) is 12.2. The van der Waals surface area contributed by atoms with Crippen LogP contribution >= 0.6 is 15.9 Å². The Morgan fingerprint density at radius 2 is 2.05 bits per heavy atom. The number of hydrogen-bond acceptors (Lipinski definition) is 2. The van der Waals surface area contributed by atoms with Crippen LogP contribution in [0.5, 0.6) is 0 Å². The fourth-order valence-corrected chi connectivity index (χ4v) is 3.47. The molecule has 19 heavy (non-hydrogen) atoms. The molecule has 0 unspecified atom stereocenters. The van der Waals surface area contributed by atoms with Crippen LogP contribution in [0, 0.1) is 6.92 Å². The summed E-state index contributed by atoms with van der Waals surface area (Å²) in [7, 11) is 0. The first kappa shape index (κ1) is 12.6. The topological polar surface area (TPSA) is 50.2 Å². The van der Waals surface area contributed by atoms with Crippen molar-refractivity contribution in [2.75, 3.05) is 0 Å². The summed E-state index contributed by atoms with van der Waals surface area (Å²) in [5.74, 6) is -0.844. The predicted octanol–water partition coefficient (Wildman–Crippen LogP) is 3.88. The Balaban J connectivity index is 2.46. The van der Waals surface area contributed by atoms with E-state index in [9.17, 15) is 9.90 Å². The zero-order chi connectivity index (χ0) is 13.6. The number of pyridine rings is 1. The van der Waals surface area contributed by atoms with E-state index >= 15 is 0 Å². The Labute approximate surface area is 119 Å². The van der Waals surface area contributed by atoms with E-state index in [-0.39, 0.29) is 0 Å². The van der Waals surface area contributed by atoms with Crippen molar-refractivity contribution in [2.45, 2.75) is 32.6 Å². The summed E-state index contributed by atoms with van der Waals surface area (Å²) in [6.07, 6.45) is 3.86. The van der Waals surface area contributed by atoms with Crippen molar-refractivity contribution in [1.82, 2.24) is 4.98 Å². The molecular formula is C15H14BrNO2. The predicted molar refractivity (Wildman–Crippen MR) is 77.8 cm³/mol. The fraction of sp³-hybridized carbons (Fsp3) is 0.333. The van der Waals surface area contributed by atoms with E-state index in [1.54, 1.807) is 0 Å². The number of halogens is 1. The monoisotopic (exact) mass is 319 g/mol. The third kappa shape index (κ3) is 2.04. The number of carboxylic acid groups (broad SMARTS) is 1. The van der Waals surface area contributed by atoms with Crippen LogP contribution in [0.1, 0.15) is 40.0 Å². The molecule has 1 heterocycles. The van der Waals surface area contributed by atoms with Crippen molar-refractivity contribution < 1.29 is 9.90 Å². The van der Waals surface area contributed by atoms with Gasteiger partial charge in [-0.3, -0.25) is 4.98 Å². The first-order chi connectivity index (χ1) is 9.08. The van der Waals surface area contributed by atoms with Gasteiger partial charge < -0.3 is 5.11 Å². The summed E-state index contributed by atoms with van der Waals surface area (Å²) in [6.45, 7) is 1.97. The molecule has 1 N–H and O–H groups in total. The smallest absolute Gasteiger partial charge is 0.336 e. The van der Waals surface area contributed by atoms with Crippen molar-refractivity contribution in [2.24, 2.45) is 0 Å². The molecule has 1 aromatic carbocycles. The number of rotatable bonds is 1. The van der Waals surface area contributed by atoms with Gasteiger partial charge in [0.05, 0.1) is 11.1 Å². The molecule has 4 heteroatoms. The maximum absolute atomic E-state index is 11.7. The highest BCUT2D eigenvalue weighted by molar-refractivity contribution is 9.10. The summed E-state index contributed by atoms with van der Waals surface area (Å²) in [6, 6.07) is 3.85. The van der Waals surface area contributed by atoms with E-state index in [0.29, 0.717) is 5.56 Å². The molecule has 0 spiro atoms. The van der Waals surface area contributed by atoms with Crippen LogP contribution in [-0.2, 0) is 12.8 Å². The highest BCUT2D eigenvalue weighted by Gasteiger charge is 2.22. The minimum atomic E-state index is -0.844. The Morgan fingerprint density at radius 1 is 1.32 bits per heavy atom. The lowest BCUT2D eigenvalue weighted by atomic mass is 9.89. The Bertz CT molecular complexity index is 694. The van der Waals surface area contributed by atoms with Crippen LogP contribution in [0.3, 0.4) is 0 Å². The Morgan fingerprint density at radius 3 is 2.79 bits per heavy atom. The minimum absolute atomic E-state index is 0.448. The lowest BCUT2D eigenvalue weighted by Crippen LogP contribution is -2.13. The molecule has 0 saturated carbocycles. The number of aromatic nitrogens is 1. The van der Waals surface area contributed by atoms with Gasteiger partial charge >= 0.3 is 5.97 Å². The van der Waals surface area contributed by atoms with Gasteiger partial charge in [0.15, 0.2) is 0 Å². The molecular weight excluding hydrogens is 306 g/mol. The largest absolute Gasteiger partial charge is 0.478 e. The third-order valence-electron chi connectivity index (χ3n) is 3.74. The number of nitrogens with zero attached hydrogens (tertiary/aromatic N) is 1. The first-order valence-corrected chi connectivity index (χ1v) is 7.22. The summed E-state index contributed by atoms with van der Waals surface area (Å²) < 4.78 is 0.901. The molecule has 1 aromatic heterocycles. The summed E-state index contributed by atoms with van der Waals surface area (Å²) in [4.78, 5) is 16.4. The van der Waals surface area contributed by atoms with Gasteiger partial charge in [0.2, 0.25) is 0 Å². The summed E-state index contributed by atoms with van der Waals surface area (Å²) in [5.41, 5.74) is 4.19. The second-order valence-corrected chi connectivity index (χ2v) is 5.96. The average molecular weight is 320 g/mol. The number of aryl methyl sites for hydroxylation is 2. The summed E-state index contributed by atoms with van der Waals surface area (Å²) in [5, 5.41) is 10.3. The lowest BCUT2D eigenvalue weighted by molar-refractivity contribution is 0.0697. The van der Waals surface area contributed by atoms with E-state index in [1.165, 1.54) is 0 Å². The fourth-order valence-electron chi connectivity index (χ4n) is 2.90. The molecule has 0 bridgehead atoms. The minimum Gasteiger partial charge on any atom is -0.478 e. The van der Waals surface area contributed by atoms with Gasteiger partial charge in [-0.05, 0) is 55.9 Å². The number of carbonyl (C=O) groups is 1. The highest BCUT2D eigenvalue weighted by atomic mass is 79.9. The maximum Gasteiger partial charge on any atom is 0.336 e. The Kier molecular flexibility index (Phi) is 3.05. The molecule has 0 atom stereocenters. The highest BCUT2D eigenvalue weighted by Crippen LogP contribution is 2.32. The molecule has 0 amide bonds. The van der Waals surface area contributed by atoms with Crippen LogP contribution in [0.4, 0.5) is 0 Å². The van der Waals surface area contributed by atoms with Crippen molar-refractivity contribution in [3.8, 4) is 0 Å². The standard InChI is InChI=1S/C15H14BrNO2/c1-8-6-9(16)7-11-13(15(18)19)10-4-2-3-5-12(10)17-14(8)11/h6-7H,2-5H2,1H3,(H,18,19). The number of carboxylic acids is 1. The van der Waals surface area contributed by atoms with Gasteiger partial charge in [-0.2, -0.15) is 0 Å². The zero-order valence-electron chi connectivity index (χ0n) is 10.7. The van der Waals surface area contributed by atoms with Crippen LogP contribution in [0.25, 0.3) is 10.9 Å². The second-order valence-electron chi connectivity index (χ2n) is 5.04. The second kappa shape index (κ2) is 4.60. The SMILES string of the molecule is Cc1cc(Br)cc2c(C(=O)O)c3c(nc12)CCCC3. The van der Waals surface area contributed by atoms with E-state index in [2.05, 4.69) is 15.9 Å². The third-order valence-corrected chi connectivity index (χ3v) is 4.19. The first-order valence-electron chi connectivity index (χ1n) is 6.43. The average Bonchev–Trinajstić information content (AvgIpc) is 2.36. The molecule has 3 rings (SSSR count). The van der Waals surface area contributed by atoms with E-state index in [1.807, 2.05) is 19.1 Å². The molecule has 2 aromatic rings. The molecule has 1 aliphatic carbocycles. The van der Waals surface area contributed by atoms with Crippen LogP contribution in [-0.4, -0.2) is 16.1 Å². The van der Waals surface area contributed by atoms with Crippen molar-refractivity contribution >= 4 is 32.8 Å². The number of fused-ring (bicyclic) bond motifs is 2. The lowest BCUT2D eigenvalue weighted by Gasteiger charge is -2.19. The van der Waals surface area contributed by atoms with Crippen LogP contribution in [0.15, 0.2) is 16.6 Å². The number of hydrogen-bond donors (Lipinski definition) is 1.